The summed E-state index contributed by atoms with van der Waals surface area (Å²) in [5, 5.41) is 9.73. The van der Waals surface area contributed by atoms with Gasteiger partial charge >= 0.3 is 0 Å². The third-order valence-corrected chi connectivity index (χ3v) is 3.15. The van der Waals surface area contributed by atoms with Gasteiger partial charge in [0.05, 0.1) is 11.1 Å². The molecule has 0 spiro atoms. The van der Waals surface area contributed by atoms with Gasteiger partial charge in [-0.25, -0.2) is 0 Å². The molecule has 0 amide bonds. The van der Waals surface area contributed by atoms with Crippen LogP contribution in [0.15, 0.2) is 10.5 Å². The smallest absolute Gasteiger partial charge is 0.133 e. The Hall–Kier alpha value is -1.03. The normalized spacial score (nSPS) is 13.5. The zero-order valence-corrected chi connectivity index (χ0v) is 9.00. The highest BCUT2D eigenvalue weighted by Crippen LogP contribution is 2.40. The van der Waals surface area contributed by atoms with Crippen LogP contribution < -0.4 is 4.74 Å². The molecule has 0 fully saturated rings. The number of fused-ring (bicyclic) bond motifs is 1. The highest BCUT2D eigenvalue weighted by Gasteiger charge is 2.20. The van der Waals surface area contributed by atoms with Crippen LogP contribution in [0.3, 0.4) is 0 Å². The molecule has 0 radical (unpaired) electrons. The summed E-state index contributed by atoms with van der Waals surface area (Å²) in [6.45, 7) is 0.637. The average molecular weight is 257 g/mol. The van der Waals surface area contributed by atoms with Gasteiger partial charge in [0.1, 0.15) is 17.8 Å². The summed E-state index contributed by atoms with van der Waals surface area (Å²) >= 11 is 3.31. The molecule has 1 aliphatic heterocycles. The van der Waals surface area contributed by atoms with Gasteiger partial charge in [0.2, 0.25) is 0 Å². The number of halogens is 1. The Labute approximate surface area is 89.8 Å². The van der Waals surface area contributed by atoms with E-state index in [1.165, 1.54) is 0 Å². The molecular formula is C10H9BrO3. The van der Waals surface area contributed by atoms with Crippen molar-refractivity contribution in [2.24, 2.45) is 0 Å². The van der Waals surface area contributed by atoms with Crippen LogP contribution in [0.1, 0.15) is 11.1 Å². The number of hydrogen-bond donors (Lipinski definition) is 1. The van der Waals surface area contributed by atoms with Crippen molar-refractivity contribution >= 4 is 22.2 Å². The number of aromatic hydroxyl groups is 1. The molecule has 1 heterocycles. The average Bonchev–Trinajstić information content (AvgIpc) is 2.62. The standard InChI is InChI=1S/C10H9BrO3/c11-9-7-2-4-14-8(7)5-6(1-3-12)10(9)13/h3,5,13H,1-2,4H2. The summed E-state index contributed by atoms with van der Waals surface area (Å²) in [4.78, 5) is 10.4. The highest BCUT2D eigenvalue weighted by atomic mass is 79.9. The van der Waals surface area contributed by atoms with Gasteiger partial charge in [-0.2, -0.15) is 0 Å². The number of ether oxygens (including phenoxy) is 1. The molecule has 1 aliphatic rings. The molecule has 0 saturated carbocycles. The molecule has 1 aromatic rings. The Morgan fingerprint density at radius 3 is 3.14 bits per heavy atom. The first-order valence-corrected chi connectivity index (χ1v) is 5.13. The van der Waals surface area contributed by atoms with Crippen LogP contribution in [0.2, 0.25) is 0 Å². The van der Waals surface area contributed by atoms with E-state index in [9.17, 15) is 9.90 Å². The van der Waals surface area contributed by atoms with Crippen molar-refractivity contribution in [2.45, 2.75) is 12.8 Å². The Balaban J connectivity index is 2.54. The largest absolute Gasteiger partial charge is 0.506 e. The number of phenols is 1. The molecule has 0 unspecified atom stereocenters. The van der Waals surface area contributed by atoms with Crippen molar-refractivity contribution in [3.8, 4) is 11.5 Å². The van der Waals surface area contributed by atoms with Gasteiger partial charge in [-0.15, -0.1) is 0 Å². The first-order valence-electron chi connectivity index (χ1n) is 4.33. The van der Waals surface area contributed by atoms with E-state index in [2.05, 4.69) is 15.9 Å². The maximum Gasteiger partial charge on any atom is 0.133 e. The van der Waals surface area contributed by atoms with E-state index in [1.54, 1.807) is 6.07 Å². The van der Waals surface area contributed by atoms with Crippen molar-refractivity contribution in [1.82, 2.24) is 0 Å². The van der Waals surface area contributed by atoms with E-state index in [-0.39, 0.29) is 12.2 Å². The van der Waals surface area contributed by atoms with Gasteiger partial charge in [-0.3, -0.25) is 0 Å². The number of carbonyl (C=O) groups is 1. The van der Waals surface area contributed by atoms with E-state index < -0.39 is 0 Å². The Morgan fingerprint density at radius 1 is 1.64 bits per heavy atom. The molecule has 0 atom stereocenters. The van der Waals surface area contributed by atoms with Crippen LogP contribution >= 0.6 is 15.9 Å². The fraction of sp³-hybridized carbons (Fsp3) is 0.300. The third kappa shape index (κ3) is 1.39. The molecule has 0 aliphatic carbocycles. The van der Waals surface area contributed by atoms with E-state index in [4.69, 9.17) is 4.74 Å². The summed E-state index contributed by atoms with van der Waals surface area (Å²) in [5.41, 5.74) is 1.59. The van der Waals surface area contributed by atoms with Gasteiger partial charge in [-0.1, -0.05) is 0 Å². The number of benzene rings is 1. The predicted molar refractivity (Wildman–Crippen MR) is 54.8 cm³/mol. The maximum atomic E-state index is 10.4. The second-order valence-corrected chi connectivity index (χ2v) is 3.94. The number of phenolic OH excluding ortho intramolecular Hbond substituents is 1. The number of carbonyl (C=O) groups excluding carboxylic acids is 1. The molecule has 74 valence electrons. The maximum absolute atomic E-state index is 10.4. The number of rotatable bonds is 2. The number of aldehydes is 1. The van der Waals surface area contributed by atoms with Crippen LogP contribution in [-0.2, 0) is 17.6 Å². The van der Waals surface area contributed by atoms with Crippen LogP contribution in [0.25, 0.3) is 0 Å². The predicted octanol–water partition coefficient (Wildman–Crippen LogP) is 1.83. The Morgan fingerprint density at radius 2 is 2.43 bits per heavy atom. The molecule has 2 rings (SSSR count). The lowest BCUT2D eigenvalue weighted by molar-refractivity contribution is -0.107. The Bertz CT molecular complexity index is 387. The van der Waals surface area contributed by atoms with Crippen molar-refractivity contribution in [1.29, 1.82) is 0 Å². The van der Waals surface area contributed by atoms with E-state index in [0.29, 0.717) is 16.6 Å². The molecular weight excluding hydrogens is 248 g/mol. The van der Waals surface area contributed by atoms with Crippen molar-refractivity contribution in [3.05, 3.63) is 21.7 Å². The van der Waals surface area contributed by atoms with Crippen molar-refractivity contribution in [3.63, 3.8) is 0 Å². The number of hydrogen-bond acceptors (Lipinski definition) is 3. The monoisotopic (exact) mass is 256 g/mol. The van der Waals surface area contributed by atoms with Crippen LogP contribution in [0, 0.1) is 0 Å². The van der Waals surface area contributed by atoms with Gasteiger partial charge in [0.15, 0.2) is 0 Å². The van der Waals surface area contributed by atoms with E-state index >= 15 is 0 Å². The SMILES string of the molecule is O=CCc1cc2c(c(Br)c1O)CCO2. The lowest BCUT2D eigenvalue weighted by Gasteiger charge is -2.07. The summed E-state index contributed by atoms with van der Waals surface area (Å²) in [6, 6.07) is 1.73. The van der Waals surface area contributed by atoms with Crippen LogP contribution in [0.5, 0.6) is 11.5 Å². The van der Waals surface area contributed by atoms with E-state index in [0.717, 1.165) is 24.0 Å². The van der Waals surface area contributed by atoms with Crippen LogP contribution in [-0.4, -0.2) is 18.0 Å². The molecule has 1 aromatic carbocycles. The quantitative estimate of drug-likeness (QED) is 0.822. The summed E-state index contributed by atoms with van der Waals surface area (Å²) in [6.07, 6.45) is 1.77. The van der Waals surface area contributed by atoms with Crippen molar-refractivity contribution < 1.29 is 14.6 Å². The second-order valence-electron chi connectivity index (χ2n) is 3.14. The minimum atomic E-state index is 0.154. The zero-order chi connectivity index (χ0) is 10.1. The second kappa shape index (κ2) is 3.61. The highest BCUT2D eigenvalue weighted by molar-refractivity contribution is 9.10. The minimum absolute atomic E-state index is 0.154. The first-order chi connectivity index (χ1) is 6.74. The molecule has 4 heteroatoms. The molecule has 0 bridgehead atoms. The van der Waals surface area contributed by atoms with Gasteiger partial charge in [0, 0.05) is 24.0 Å². The minimum Gasteiger partial charge on any atom is -0.506 e. The van der Waals surface area contributed by atoms with Gasteiger partial charge < -0.3 is 14.6 Å². The molecule has 0 saturated heterocycles. The lowest BCUT2D eigenvalue weighted by Crippen LogP contribution is -1.91. The molecule has 0 aromatic heterocycles. The lowest BCUT2D eigenvalue weighted by atomic mass is 10.1. The fourth-order valence-corrected chi connectivity index (χ4v) is 2.22. The van der Waals surface area contributed by atoms with Crippen molar-refractivity contribution in [2.75, 3.05) is 6.61 Å². The molecule has 14 heavy (non-hydrogen) atoms. The summed E-state index contributed by atoms with van der Waals surface area (Å²) in [5.74, 6) is 0.924. The molecule has 3 nitrogen and oxygen atoms in total. The van der Waals surface area contributed by atoms with Gasteiger partial charge in [0.25, 0.3) is 0 Å². The summed E-state index contributed by atoms with van der Waals surface area (Å²) in [7, 11) is 0. The first kappa shape index (κ1) is 9.52. The summed E-state index contributed by atoms with van der Waals surface area (Å²) < 4.78 is 6.02. The Kier molecular flexibility index (Phi) is 2.46. The molecule has 1 N–H and O–H groups in total. The van der Waals surface area contributed by atoms with Gasteiger partial charge in [-0.05, 0) is 22.0 Å². The van der Waals surface area contributed by atoms with E-state index in [1.807, 2.05) is 0 Å². The topological polar surface area (TPSA) is 46.5 Å². The zero-order valence-electron chi connectivity index (χ0n) is 7.42. The fourth-order valence-electron chi connectivity index (χ4n) is 1.58. The van der Waals surface area contributed by atoms with Crippen LogP contribution in [0.4, 0.5) is 0 Å². The third-order valence-electron chi connectivity index (χ3n) is 2.29.